The van der Waals surface area contributed by atoms with Gasteiger partial charge in [-0.3, -0.25) is 4.79 Å². The van der Waals surface area contributed by atoms with Crippen LogP contribution in [0.1, 0.15) is 71.1 Å². The van der Waals surface area contributed by atoms with Crippen LogP contribution in [0.5, 0.6) is 0 Å². The van der Waals surface area contributed by atoms with E-state index in [0.29, 0.717) is 18.3 Å². The van der Waals surface area contributed by atoms with Crippen molar-refractivity contribution in [2.45, 2.75) is 83.3 Å². The molecular formula is C23H39NO3. The zero-order chi connectivity index (χ0) is 19.8. The van der Waals surface area contributed by atoms with Crippen molar-refractivity contribution in [2.75, 3.05) is 14.1 Å². The molecule has 0 saturated heterocycles. The highest BCUT2D eigenvalue weighted by Crippen LogP contribution is 2.48. The zero-order valence-corrected chi connectivity index (χ0v) is 17.4. The predicted octanol–water partition coefficient (Wildman–Crippen LogP) is 4.08. The number of hydrogen-bond acceptors (Lipinski definition) is 3. The summed E-state index contributed by atoms with van der Waals surface area (Å²) in [4.78, 5) is 13.3. The van der Waals surface area contributed by atoms with Crippen LogP contribution in [-0.2, 0) is 4.79 Å². The van der Waals surface area contributed by atoms with Gasteiger partial charge in [-0.1, -0.05) is 50.0 Å². The molecule has 154 valence electrons. The highest BCUT2D eigenvalue weighted by atomic mass is 16.3. The van der Waals surface area contributed by atoms with Gasteiger partial charge >= 0.3 is 0 Å². The van der Waals surface area contributed by atoms with Crippen molar-refractivity contribution in [1.29, 1.82) is 0 Å². The fraction of sp³-hybridized carbons (Fsp3) is 0.783. The first-order valence-corrected chi connectivity index (χ1v) is 10.9. The normalized spacial score (nSPS) is 28.4. The van der Waals surface area contributed by atoms with Crippen LogP contribution in [0.2, 0.25) is 0 Å². The Kier molecular flexibility index (Phi) is 9.04. The van der Waals surface area contributed by atoms with Gasteiger partial charge in [0.15, 0.2) is 0 Å². The van der Waals surface area contributed by atoms with Gasteiger partial charge in [-0.2, -0.15) is 0 Å². The van der Waals surface area contributed by atoms with E-state index in [9.17, 15) is 15.0 Å². The number of unbranched alkanes of at least 4 members (excludes halogenated alkanes) is 3. The number of aliphatic hydroxyl groups excluding tert-OH is 2. The van der Waals surface area contributed by atoms with Crippen molar-refractivity contribution < 1.29 is 15.0 Å². The summed E-state index contributed by atoms with van der Waals surface area (Å²) >= 11 is 0. The second kappa shape index (κ2) is 11.0. The van der Waals surface area contributed by atoms with Crippen molar-refractivity contribution in [3.63, 3.8) is 0 Å². The summed E-state index contributed by atoms with van der Waals surface area (Å²) in [6, 6.07) is 0. The molecule has 27 heavy (non-hydrogen) atoms. The van der Waals surface area contributed by atoms with Gasteiger partial charge in [0.25, 0.3) is 0 Å². The molecule has 0 aromatic carbocycles. The summed E-state index contributed by atoms with van der Waals surface area (Å²) in [7, 11) is 3.62. The summed E-state index contributed by atoms with van der Waals surface area (Å²) in [6.07, 6.45) is 15.5. The minimum Gasteiger partial charge on any atom is -0.392 e. The fourth-order valence-corrected chi connectivity index (χ4v) is 4.60. The van der Waals surface area contributed by atoms with E-state index < -0.39 is 0 Å². The van der Waals surface area contributed by atoms with Crippen molar-refractivity contribution in [3.8, 4) is 0 Å². The lowest BCUT2D eigenvalue weighted by Gasteiger charge is -2.19. The van der Waals surface area contributed by atoms with Crippen molar-refractivity contribution in [3.05, 3.63) is 23.8 Å². The fourth-order valence-electron chi connectivity index (χ4n) is 4.60. The molecular weight excluding hydrogens is 338 g/mol. The third-order valence-corrected chi connectivity index (χ3v) is 6.25. The maximum Gasteiger partial charge on any atom is 0.222 e. The SMILES string of the molecule is CCCCC[C@@H](O)/C=C/[C@@H]1[C@H]2CC(CCCCC(=O)N(C)C)=C[C@H]2C[C@H]1O. The van der Waals surface area contributed by atoms with Crippen LogP contribution >= 0.6 is 0 Å². The molecule has 2 aliphatic carbocycles. The van der Waals surface area contributed by atoms with Gasteiger partial charge in [-0.15, -0.1) is 0 Å². The van der Waals surface area contributed by atoms with E-state index >= 15 is 0 Å². The van der Waals surface area contributed by atoms with Gasteiger partial charge in [-0.25, -0.2) is 0 Å². The summed E-state index contributed by atoms with van der Waals surface area (Å²) in [5, 5.41) is 20.6. The molecule has 1 fully saturated rings. The van der Waals surface area contributed by atoms with Gasteiger partial charge in [0, 0.05) is 26.4 Å². The summed E-state index contributed by atoms with van der Waals surface area (Å²) in [5.41, 5.74) is 1.50. The largest absolute Gasteiger partial charge is 0.392 e. The maximum atomic E-state index is 11.6. The number of amides is 1. The Labute approximate surface area is 165 Å². The molecule has 5 atom stereocenters. The van der Waals surface area contributed by atoms with E-state index in [1.807, 2.05) is 20.2 Å². The Morgan fingerprint density at radius 2 is 2.07 bits per heavy atom. The lowest BCUT2D eigenvalue weighted by atomic mass is 9.88. The number of fused-ring (bicyclic) bond motifs is 1. The molecule has 4 heteroatoms. The number of carbonyl (C=O) groups excluding carboxylic acids is 1. The number of rotatable bonds is 11. The Balaban J connectivity index is 1.76. The number of hydrogen-bond donors (Lipinski definition) is 2. The monoisotopic (exact) mass is 377 g/mol. The average Bonchev–Trinajstić information content (AvgIpc) is 3.13. The van der Waals surface area contributed by atoms with Crippen LogP contribution in [-0.4, -0.2) is 47.3 Å². The number of carbonyl (C=O) groups is 1. The lowest BCUT2D eigenvalue weighted by Crippen LogP contribution is -2.21. The number of aliphatic hydroxyl groups is 2. The van der Waals surface area contributed by atoms with Crippen molar-refractivity contribution in [2.24, 2.45) is 17.8 Å². The first-order valence-electron chi connectivity index (χ1n) is 10.9. The Morgan fingerprint density at radius 1 is 1.30 bits per heavy atom. The smallest absolute Gasteiger partial charge is 0.222 e. The minimum atomic E-state index is -0.383. The molecule has 0 unspecified atom stereocenters. The first kappa shape index (κ1) is 22.2. The highest BCUT2D eigenvalue weighted by Gasteiger charge is 2.43. The van der Waals surface area contributed by atoms with Gasteiger partial charge in [-0.05, 0) is 50.4 Å². The molecule has 2 aliphatic rings. The van der Waals surface area contributed by atoms with E-state index in [0.717, 1.165) is 51.4 Å². The molecule has 0 heterocycles. The molecule has 2 N–H and O–H groups in total. The van der Waals surface area contributed by atoms with E-state index in [2.05, 4.69) is 19.1 Å². The summed E-state index contributed by atoms with van der Waals surface area (Å²) in [5.74, 6) is 1.33. The molecule has 0 aliphatic heterocycles. The predicted molar refractivity (Wildman–Crippen MR) is 110 cm³/mol. The van der Waals surface area contributed by atoms with Crippen LogP contribution in [0.4, 0.5) is 0 Å². The quantitative estimate of drug-likeness (QED) is 0.421. The lowest BCUT2D eigenvalue weighted by molar-refractivity contribution is -0.128. The highest BCUT2D eigenvalue weighted by molar-refractivity contribution is 5.75. The molecule has 0 spiro atoms. The molecule has 2 rings (SSSR count). The van der Waals surface area contributed by atoms with Crippen LogP contribution in [0.25, 0.3) is 0 Å². The van der Waals surface area contributed by atoms with Gasteiger partial charge in [0.2, 0.25) is 5.91 Å². The molecule has 4 nitrogen and oxygen atoms in total. The topological polar surface area (TPSA) is 60.8 Å². The maximum absolute atomic E-state index is 11.6. The van der Waals surface area contributed by atoms with Crippen LogP contribution in [0.15, 0.2) is 23.8 Å². The minimum absolute atomic E-state index is 0.167. The Bertz CT molecular complexity index is 526. The molecule has 1 amide bonds. The standard InChI is InChI=1S/C23H39NO3/c1-4-5-6-10-19(25)12-13-20-21-15-17(14-18(21)16-22(20)26)9-7-8-11-23(27)24(2)3/h12-14,18-22,25-26H,4-11,15-16H2,1-3H3/b13-12+/t18-,19+,20+,21-,22+/m0/s1. The van der Waals surface area contributed by atoms with Gasteiger partial charge < -0.3 is 15.1 Å². The summed E-state index contributed by atoms with van der Waals surface area (Å²) in [6.45, 7) is 2.17. The Morgan fingerprint density at radius 3 is 2.78 bits per heavy atom. The van der Waals surface area contributed by atoms with Crippen LogP contribution in [0.3, 0.4) is 0 Å². The van der Waals surface area contributed by atoms with Gasteiger partial charge in [0.05, 0.1) is 12.2 Å². The molecule has 0 aromatic heterocycles. The molecule has 0 bridgehead atoms. The van der Waals surface area contributed by atoms with E-state index in [1.165, 1.54) is 12.0 Å². The summed E-state index contributed by atoms with van der Waals surface area (Å²) < 4.78 is 0. The zero-order valence-electron chi connectivity index (χ0n) is 17.4. The molecule has 0 radical (unpaired) electrons. The van der Waals surface area contributed by atoms with Crippen LogP contribution in [0, 0.1) is 17.8 Å². The van der Waals surface area contributed by atoms with Crippen molar-refractivity contribution >= 4 is 5.91 Å². The van der Waals surface area contributed by atoms with Crippen molar-refractivity contribution in [1.82, 2.24) is 4.90 Å². The second-order valence-corrected chi connectivity index (χ2v) is 8.68. The van der Waals surface area contributed by atoms with E-state index in [4.69, 9.17) is 0 Å². The second-order valence-electron chi connectivity index (χ2n) is 8.68. The number of nitrogens with zero attached hydrogens (tertiary/aromatic N) is 1. The average molecular weight is 378 g/mol. The first-order chi connectivity index (χ1) is 12.9. The number of allylic oxidation sites excluding steroid dienone is 2. The third-order valence-electron chi connectivity index (χ3n) is 6.25. The van der Waals surface area contributed by atoms with E-state index in [1.54, 1.807) is 4.90 Å². The van der Waals surface area contributed by atoms with Crippen LogP contribution < -0.4 is 0 Å². The van der Waals surface area contributed by atoms with Gasteiger partial charge in [0.1, 0.15) is 0 Å². The third kappa shape index (κ3) is 6.76. The molecule has 0 aromatic rings. The van der Waals surface area contributed by atoms with E-state index in [-0.39, 0.29) is 24.0 Å². The Hall–Kier alpha value is -1.13. The molecule has 1 saturated carbocycles.